The molecule has 1 fully saturated rings. The monoisotopic (exact) mass is 208 g/mol. The molecule has 1 aliphatic rings. The van der Waals surface area contributed by atoms with Gasteiger partial charge in [-0.25, -0.2) is 4.39 Å². The Labute approximate surface area is 89.7 Å². The molecule has 2 unspecified atom stereocenters. The zero-order chi connectivity index (χ0) is 10.8. The van der Waals surface area contributed by atoms with Crippen molar-refractivity contribution in [2.24, 2.45) is 5.73 Å². The second-order valence-corrected chi connectivity index (χ2v) is 4.31. The molecule has 15 heavy (non-hydrogen) atoms. The molecule has 3 N–H and O–H groups in total. The maximum Gasteiger partial charge on any atom is 0.126 e. The summed E-state index contributed by atoms with van der Waals surface area (Å²) >= 11 is 0. The highest BCUT2D eigenvalue weighted by atomic mass is 19.1. The second-order valence-electron chi connectivity index (χ2n) is 4.31. The number of nitrogens with one attached hydrogen (secondary N) is 1. The van der Waals surface area contributed by atoms with E-state index in [1.54, 1.807) is 13.0 Å². The van der Waals surface area contributed by atoms with Crippen LogP contribution in [0.2, 0.25) is 0 Å². The first-order chi connectivity index (χ1) is 7.16. The predicted molar refractivity (Wildman–Crippen MR) is 60.4 cm³/mol. The Balaban J connectivity index is 2.07. The van der Waals surface area contributed by atoms with Gasteiger partial charge >= 0.3 is 0 Å². The molecule has 0 radical (unpaired) electrons. The van der Waals surface area contributed by atoms with E-state index < -0.39 is 0 Å². The molecule has 0 saturated heterocycles. The van der Waals surface area contributed by atoms with Gasteiger partial charge in [0.2, 0.25) is 0 Å². The minimum Gasteiger partial charge on any atom is -0.381 e. The Bertz CT molecular complexity index is 351. The van der Waals surface area contributed by atoms with Crippen molar-refractivity contribution in [3.8, 4) is 0 Å². The van der Waals surface area contributed by atoms with Crippen LogP contribution >= 0.6 is 0 Å². The van der Waals surface area contributed by atoms with Crippen LogP contribution in [0.3, 0.4) is 0 Å². The van der Waals surface area contributed by atoms with E-state index in [9.17, 15) is 4.39 Å². The van der Waals surface area contributed by atoms with Crippen LogP contribution in [0.15, 0.2) is 18.2 Å². The molecular weight excluding hydrogens is 191 g/mol. The lowest BCUT2D eigenvalue weighted by atomic mass is 10.1. The second kappa shape index (κ2) is 4.19. The third-order valence-electron chi connectivity index (χ3n) is 3.08. The smallest absolute Gasteiger partial charge is 0.126 e. The zero-order valence-electron chi connectivity index (χ0n) is 8.96. The van der Waals surface area contributed by atoms with Crippen molar-refractivity contribution in [1.29, 1.82) is 0 Å². The molecule has 1 aliphatic carbocycles. The van der Waals surface area contributed by atoms with Crippen LogP contribution in [0.25, 0.3) is 0 Å². The van der Waals surface area contributed by atoms with Crippen molar-refractivity contribution in [1.82, 2.24) is 0 Å². The Morgan fingerprint density at radius 2 is 2.20 bits per heavy atom. The van der Waals surface area contributed by atoms with E-state index in [1.165, 1.54) is 12.5 Å². The van der Waals surface area contributed by atoms with Crippen LogP contribution in [0.5, 0.6) is 0 Å². The molecule has 2 nitrogen and oxygen atoms in total. The van der Waals surface area contributed by atoms with Gasteiger partial charge in [0.05, 0.1) is 0 Å². The first kappa shape index (κ1) is 10.4. The summed E-state index contributed by atoms with van der Waals surface area (Å²) in [5.41, 5.74) is 7.60. The van der Waals surface area contributed by atoms with Crippen molar-refractivity contribution >= 4 is 5.69 Å². The third-order valence-corrected chi connectivity index (χ3v) is 3.08. The fourth-order valence-corrected chi connectivity index (χ4v) is 2.12. The van der Waals surface area contributed by atoms with Crippen LogP contribution in [-0.2, 0) is 0 Å². The standard InChI is InChI=1S/C12H17FN2/c1-8-7-9(5-6-10(8)13)15-12-4-2-3-11(12)14/h5-7,11-12,15H,2-4,14H2,1H3. The first-order valence-electron chi connectivity index (χ1n) is 5.45. The molecule has 0 bridgehead atoms. The summed E-state index contributed by atoms with van der Waals surface area (Å²) in [6.45, 7) is 1.77. The lowest BCUT2D eigenvalue weighted by Crippen LogP contribution is -2.35. The minimum atomic E-state index is -0.156. The van der Waals surface area contributed by atoms with Crippen molar-refractivity contribution in [3.63, 3.8) is 0 Å². The molecule has 0 aromatic heterocycles. The predicted octanol–water partition coefficient (Wildman–Crippen LogP) is 2.43. The van der Waals surface area contributed by atoms with Gasteiger partial charge in [0, 0.05) is 17.8 Å². The Morgan fingerprint density at radius 1 is 1.40 bits per heavy atom. The van der Waals surface area contributed by atoms with Crippen LogP contribution in [0, 0.1) is 12.7 Å². The maximum atomic E-state index is 13.0. The average Bonchev–Trinajstić information content (AvgIpc) is 2.59. The summed E-state index contributed by atoms with van der Waals surface area (Å²) in [7, 11) is 0. The fourth-order valence-electron chi connectivity index (χ4n) is 2.12. The quantitative estimate of drug-likeness (QED) is 0.783. The van der Waals surface area contributed by atoms with Crippen LogP contribution in [0.4, 0.5) is 10.1 Å². The van der Waals surface area contributed by atoms with Gasteiger partial charge < -0.3 is 11.1 Å². The Morgan fingerprint density at radius 3 is 2.80 bits per heavy atom. The number of halogens is 1. The summed E-state index contributed by atoms with van der Waals surface area (Å²) < 4.78 is 13.0. The topological polar surface area (TPSA) is 38.0 Å². The van der Waals surface area contributed by atoms with E-state index in [-0.39, 0.29) is 11.9 Å². The molecule has 3 heteroatoms. The van der Waals surface area contributed by atoms with Crippen molar-refractivity contribution < 1.29 is 4.39 Å². The molecule has 0 heterocycles. The van der Waals surface area contributed by atoms with E-state index in [2.05, 4.69) is 5.32 Å². The Hall–Kier alpha value is -1.09. The molecule has 82 valence electrons. The van der Waals surface area contributed by atoms with Crippen LogP contribution < -0.4 is 11.1 Å². The SMILES string of the molecule is Cc1cc(NC2CCCC2N)ccc1F. The van der Waals surface area contributed by atoms with Crippen molar-refractivity contribution in [2.45, 2.75) is 38.3 Å². The first-order valence-corrected chi connectivity index (χ1v) is 5.45. The van der Waals surface area contributed by atoms with Gasteiger partial charge in [-0.1, -0.05) is 0 Å². The number of benzene rings is 1. The van der Waals surface area contributed by atoms with Gasteiger partial charge in [0.25, 0.3) is 0 Å². The van der Waals surface area contributed by atoms with Gasteiger partial charge in [-0.3, -0.25) is 0 Å². The number of hydrogen-bond acceptors (Lipinski definition) is 2. The molecule has 1 aromatic carbocycles. The fraction of sp³-hybridized carbons (Fsp3) is 0.500. The highest BCUT2D eigenvalue weighted by molar-refractivity contribution is 5.47. The highest BCUT2D eigenvalue weighted by Crippen LogP contribution is 2.22. The summed E-state index contributed by atoms with van der Waals surface area (Å²) in [6, 6.07) is 5.68. The minimum absolute atomic E-state index is 0.156. The maximum absolute atomic E-state index is 13.0. The van der Waals surface area contributed by atoms with Gasteiger partial charge in [0.1, 0.15) is 5.82 Å². The van der Waals surface area contributed by atoms with E-state index in [0.29, 0.717) is 11.6 Å². The van der Waals surface area contributed by atoms with E-state index in [4.69, 9.17) is 5.73 Å². The number of rotatable bonds is 2. The van der Waals surface area contributed by atoms with Crippen LogP contribution in [0.1, 0.15) is 24.8 Å². The summed E-state index contributed by atoms with van der Waals surface area (Å²) in [6.07, 6.45) is 3.37. The number of aryl methyl sites for hydroxylation is 1. The molecule has 1 aromatic rings. The van der Waals surface area contributed by atoms with E-state index >= 15 is 0 Å². The zero-order valence-corrected chi connectivity index (χ0v) is 8.96. The van der Waals surface area contributed by atoms with Gasteiger partial charge in [-0.2, -0.15) is 0 Å². The molecular formula is C12H17FN2. The molecule has 2 rings (SSSR count). The van der Waals surface area contributed by atoms with Gasteiger partial charge in [0.15, 0.2) is 0 Å². The molecule has 0 amide bonds. The van der Waals surface area contributed by atoms with Crippen LogP contribution in [-0.4, -0.2) is 12.1 Å². The molecule has 0 aliphatic heterocycles. The summed E-state index contributed by atoms with van der Waals surface area (Å²) in [5.74, 6) is -0.156. The molecule has 0 spiro atoms. The molecule has 1 saturated carbocycles. The number of nitrogens with two attached hydrogens (primary N) is 1. The lowest BCUT2D eigenvalue weighted by molar-refractivity contribution is 0.617. The number of hydrogen-bond donors (Lipinski definition) is 2. The van der Waals surface area contributed by atoms with E-state index in [1.807, 2.05) is 6.07 Å². The van der Waals surface area contributed by atoms with Crippen molar-refractivity contribution in [2.75, 3.05) is 5.32 Å². The molecule has 2 atom stereocenters. The summed E-state index contributed by atoms with van der Waals surface area (Å²) in [5, 5.41) is 3.37. The normalized spacial score (nSPS) is 25.5. The van der Waals surface area contributed by atoms with Gasteiger partial charge in [-0.15, -0.1) is 0 Å². The third kappa shape index (κ3) is 2.29. The van der Waals surface area contributed by atoms with Crippen molar-refractivity contribution in [3.05, 3.63) is 29.6 Å². The lowest BCUT2D eigenvalue weighted by Gasteiger charge is -2.18. The average molecular weight is 208 g/mol. The van der Waals surface area contributed by atoms with Gasteiger partial charge in [-0.05, 0) is 49.9 Å². The highest BCUT2D eigenvalue weighted by Gasteiger charge is 2.23. The largest absolute Gasteiger partial charge is 0.381 e. The van der Waals surface area contributed by atoms with E-state index in [0.717, 1.165) is 18.5 Å². The number of anilines is 1. The summed E-state index contributed by atoms with van der Waals surface area (Å²) in [4.78, 5) is 0. The Kier molecular flexibility index (Phi) is 2.91.